The van der Waals surface area contributed by atoms with Crippen molar-refractivity contribution < 1.29 is 4.74 Å². The summed E-state index contributed by atoms with van der Waals surface area (Å²) >= 11 is 0. The summed E-state index contributed by atoms with van der Waals surface area (Å²) in [4.78, 5) is 0. The molecule has 3 rings (SSSR count). The fourth-order valence-electron chi connectivity index (χ4n) is 2.61. The predicted molar refractivity (Wildman–Crippen MR) is 90.9 cm³/mol. The Morgan fingerprint density at radius 3 is 1.45 bits per heavy atom. The van der Waals surface area contributed by atoms with E-state index in [4.69, 9.17) is 4.74 Å². The quantitative estimate of drug-likeness (QED) is 0.586. The van der Waals surface area contributed by atoms with Crippen molar-refractivity contribution in [2.75, 3.05) is 0 Å². The number of ether oxygens (including phenoxy) is 1. The van der Waals surface area contributed by atoms with Crippen LogP contribution in [0.3, 0.4) is 0 Å². The Kier molecular flexibility index (Phi) is 4.06. The zero-order chi connectivity index (χ0) is 15.3. The third-order valence-corrected chi connectivity index (χ3v) is 3.71. The van der Waals surface area contributed by atoms with E-state index in [0.717, 1.165) is 16.9 Å². The monoisotopic (exact) mass is 286 g/mol. The highest BCUT2D eigenvalue weighted by atomic mass is 16.5. The van der Waals surface area contributed by atoms with Crippen LogP contribution in [0, 0.1) is 0 Å². The molecule has 0 aliphatic rings. The number of hydrogen-bond acceptors (Lipinski definition) is 1. The number of hydrogen-bond donors (Lipinski definition) is 0. The molecule has 0 radical (unpaired) electrons. The Hall–Kier alpha value is -2.80. The summed E-state index contributed by atoms with van der Waals surface area (Å²) in [5.41, 5.74) is 1.41. The van der Waals surface area contributed by atoms with Gasteiger partial charge in [-0.15, -0.1) is 0 Å². The van der Waals surface area contributed by atoms with E-state index < -0.39 is 5.60 Å². The molecule has 0 fully saturated rings. The van der Waals surface area contributed by atoms with Gasteiger partial charge in [0, 0.05) is 11.1 Å². The normalized spacial score (nSPS) is 10.9. The summed E-state index contributed by atoms with van der Waals surface area (Å²) in [5, 5.41) is 0. The third kappa shape index (κ3) is 2.66. The van der Waals surface area contributed by atoms with Crippen LogP contribution in [0.4, 0.5) is 0 Å². The Morgan fingerprint density at radius 2 is 1.05 bits per heavy atom. The molecule has 3 aromatic rings. The minimum absolute atomic E-state index is 0.704. The highest BCUT2D eigenvalue weighted by molar-refractivity contribution is 5.43. The second kappa shape index (κ2) is 6.31. The molecular formula is C21H18O. The van der Waals surface area contributed by atoms with Crippen LogP contribution >= 0.6 is 0 Å². The summed E-state index contributed by atoms with van der Waals surface area (Å²) in [6.07, 6.45) is 1.87. The van der Waals surface area contributed by atoms with Crippen LogP contribution in [0.5, 0.6) is 5.75 Å². The average Bonchev–Trinajstić information content (AvgIpc) is 2.62. The molecule has 0 aliphatic carbocycles. The first kappa shape index (κ1) is 14.2. The van der Waals surface area contributed by atoms with Gasteiger partial charge in [-0.3, -0.25) is 0 Å². The average molecular weight is 286 g/mol. The minimum Gasteiger partial charge on any atom is -0.474 e. The first-order valence-electron chi connectivity index (χ1n) is 7.34. The van der Waals surface area contributed by atoms with E-state index in [1.54, 1.807) is 0 Å². The molecule has 108 valence electrons. The van der Waals surface area contributed by atoms with E-state index in [-0.39, 0.29) is 0 Å². The largest absolute Gasteiger partial charge is 0.474 e. The van der Waals surface area contributed by atoms with Crippen molar-refractivity contribution in [3.63, 3.8) is 0 Å². The van der Waals surface area contributed by atoms with Gasteiger partial charge in [-0.25, -0.2) is 0 Å². The van der Waals surface area contributed by atoms with Gasteiger partial charge in [0.15, 0.2) is 5.60 Å². The lowest BCUT2D eigenvalue weighted by atomic mass is 9.86. The topological polar surface area (TPSA) is 9.23 Å². The van der Waals surface area contributed by atoms with Crippen molar-refractivity contribution in [2.45, 2.75) is 5.60 Å². The Bertz CT molecular complexity index is 678. The lowest BCUT2D eigenvalue weighted by molar-refractivity contribution is 0.164. The minimum atomic E-state index is -0.704. The van der Waals surface area contributed by atoms with Crippen LogP contribution in [0.2, 0.25) is 0 Å². The number of para-hydroxylation sites is 1. The summed E-state index contributed by atoms with van der Waals surface area (Å²) in [7, 11) is 0. The fraction of sp³-hybridized carbons (Fsp3) is 0.0476. The second-order valence-corrected chi connectivity index (χ2v) is 5.09. The predicted octanol–water partition coefficient (Wildman–Crippen LogP) is 5.20. The van der Waals surface area contributed by atoms with Crippen LogP contribution < -0.4 is 4.74 Å². The number of benzene rings is 3. The summed E-state index contributed by atoms with van der Waals surface area (Å²) in [6.45, 7) is 4.06. The molecule has 0 atom stereocenters. The highest BCUT2D eigenvalue weighted by Crippen LogP contribution is 2.36. The van der Waals surface area contributed by atoms with Crippen molar-refractivity contribution in [3.8, 4) is 5.75 Å². The lowest BCUT2D eigenvalue weighted by Gasteiger charge is -2.32. The zero-order valence-electron chi connectivity index (χ0n) is 12.4. The molecule has 0 aromatic heterocycles. The Morgan fingerprint density at radius 1 is 0.636 bits per heavy atom. The summed E-state index contributed by atoms with van der Waals surface area (Å²) in [6, 6.07) is 30.2. The molecule has 0 saturated carbocycles. The van der Waals surface area contributed by atoms with Crippen molar-refractivity contribution in [3.05, 3.63) is 115 Å². The smallest absolute Gasteiger partial charge is 0.177 e. The molecule has 0 unspecified atom stereocenters. The van der Waals surface area contributed by atoms with Gasteiger partial charge in [0.1, 0.15) is 5.75 Å². The molecule has 0 N–H and O–H groups in total. The van der Waals surface area contributed by atoms with E-state index in [1.165, 1.54) is 0 Å². The van der Waals surface area contributed by atoms with E-state index in [0.29, 0.717) is 0 Å². The maximum Gasteiger partial charge on any atom is 0.177 e. The van der Waals surface area contributed by atoms with Gasteiger partial charge in [-0.05, 0) is 18.2 Å². The summed E-state index contributed by atoms with van der Waals surface area (Å²) < 4.78 is 6.41. The van der Waals surface area contributed by atoms with E-state index >= 15 is 0 Å². The highest BCUT2D eigenvalue weighted by Gasteiger charge is 2.33. The van der Waals surface area contributed by atoms with Crippen molar-refractivity contribution in [1.29, 1.82) is 0 Å². The van der Waals surface area contributed by atoms with Crippen LogP contribution in [-0.2, 0) is 5.60 Å². The molecule has 22 heavy (non-hydrogen) atoms. The SMILES string of the molecule is C=CC(Oc1ccccc1)(c1ccccc1)c1ccccc1. The Balaban J connectivity index is 2.15. The summed E-state index contributed by atoms with van der Waals surface area (Å²) in [5.74, 6) is 0.815. The van der Waals surface area contributed by atoms with Gasteiger partial charge in [0.2, 0.25) is 0 Å². The maximum atomic E-state index is 6.41. The second-order valence-electron chi connectivity index (χ2n) is 5.09. The third-order valence-electron chi connectivity index (χ3n) is 3.71. The Labute approximate surface area is 131 Å². The molecule has 1 heteroatoms. The van der Waals surface area contributed by atoms with Crippen molar-refractivity contribution in [2.24, 2.45) is 0 Å². The van der Waals surface area contributed by atoms with Gasteiger partial charge >= 0.3 is 0 Å². The van der Waals surface area contributed by atoms with E-state index in [2.05, 4.69) is 30.8 Å². The molecule has 0 spiro atoms. The van der Waals surface area contributed by atoms with Gasteiger partial charge in [0.25, 0.3) is 0 Å². The standard InChI is InChI=1S/C21H18O/c1-2-21(18-12-6-3-7-13-18,19-14-8-4-9-15-19)22-20-16-10-5-11-17-20/h2-17H,1H2. The van der Waals surface area contributed by atoms with Crippen LogP contribution in [0.25, 0.3) is 0 Å². The fourth-order valence-corrected chi connectivity index (χ4v) is 2.61. The van der Waals surface area contributed by atoms with Gasteiger partial charge in [-0.2, -0.15) is 0 Å². The van der Waals surface area contributed by atoms with Crippen LogP contribution in [0.1, 0.15) is 11.1 Å². The van der Waals surface area contributed by atoms with Crippen molar-refractivity contribution in [1.82, 2.24) is 0 Å². The van der Waals surface area contributed by atoms with Crippen molar-refractivity contribution >= 4 is 0 Å². The molecule has 0 aliphatic heterocycles. The molecule has 0 bridgehead atoms. The molecular weight excluding hydrogens is 268 g/mol. The maximum absolute atomic E-state index is 6.41. The van der Waals surface area contributed by atoms with Gasteiger partial charge in [0.05, 0.1) is 0 Å². The molecule has 0 saturated heterocycles. The molecule has 1 nitrogen and oxygen atoms in total. The van der Waals surface area contributed by atoms with E-state index in [1.807, 2.05) is 72.8 Å². The molecule has 3 aromatic carbocycles. The van der Waals surface area contributed by atoms with E-state index in [9.17, 15) is 0 Å². The van der Waals surface area contributed by atoms with Gasteiger partial charge in [-0.1, -0.05) is 85.4 Å². The lowest BCUT2D eigenvalue weighted by Crippen LogP contribution is -2.32. The molecule has 0 heterocycles. The zero-order valence-corrected chi connectivity index (χ0v) is 12.4. The number of rotatable bonds is 5. The van der Waals surface area contributed by atoms with Crippen LogP contribution in [0.15, 0.2) is 104 Å². The van der Waals surface area contributed by atoms with Crippen LogP contribution in [-0.4, -0.2) is 0 Å². The van der Waals surface area contributed by atoms with Gasteiger partial charge < -0.3 is 4.74 Å². The first-order valence-corrected chi connectivity index (χ1v) is 7.34. The molecule has 0 amide bonds. The first-order chi connectivity index (χ1) is 10.8.